The highest BCUT2D eigenvalue weighted by molar-refractivity contribution is 4.96. The minimum Gasteiger partial charge on any atom is -0.120 e. The van der Waals surface area contributed by atoms with Gasteiger partial charge in [-0.25, -0.2) is 0 Å². The van der Waals surface area contributed by atoms with Crippen LogP contribution >= 0.6 is 0 Å². The minimum atomic E-state index is 0.588. The van der Waals surface area contributed by atoms with Crippen LogP contribution in [0.2, 0.25) is 0 Å². The second-order valence-corrected chi connectivity index (χ2v) is 6.43. The molecule has 0 aromatic rings. The molecule has 2 aliphatic rings. The summed E-state index contributed by atoms with van der Waals surface area (Å²) in [4.78, 5) is 0. The topological polar surface area (TPSA) is 0 Å². The fourth-order valence-corrected chi connectivity index (χ4v) is 4.06. The van der Waals surface area contributed by atoms with Crippen LogP contribution in [0.4, 0.5) is 0 Å². The van der Waals surface area contributed by atoms with Crippen LogP contribution in [0.5, 0.6) is 0 Å². The van der Waals surface area contributed by atoms with Crippen LogP contribution in [0.25, 0.3) is 0 Å². The lowest BCUT2D eigenvalue weighted by molar-refractivity contribution is 0.154. The fraction of sp³-hybridized carbons (Fsp3) is 0.778. The number of hydrogen-bond donors (Lipinski definition) is 0. The van der Waals surface area contributed by atoms with Crippen molar-refractivity contribution in [3.05, 3.63) is 12.7 Å². The molecule has 2 rings (SSSR count). The van der Waals surface area contributed by atoms with E-state index < -0.39 is 0 Å². The van der Waals surface area contributed by atoms with Crippen molar-refractivity contribution in [2.24, 2.45) is 23.7 Å². The highest BCUT2D eigenvalue weighted by atomic mass is 14.3. The first-order valence-electron chi connectivity index (χ1n) is 7.90. The van der Waals surface area contributed by atoms with Crippen molar-refractivity contribution in [3.63, 3.8) is 0 Å². The lowest BCUT2D eigenvalue weighted by Gasteiger charge is -2.37. The highest BCUT2D eigenvalue weighted by Gasteiger charge is 2.30. The van der Waals surface area contributed by atoms with Crippen molar-refractivity contribution in [1.29, 1.82) is 0 Å². The Bertz CT molecular complexity index is 280. The van der Waals surface area contributed by atoms with Gasteiger partial charge in [-0.3, -0.25) is 0 Å². The molecule has 0 aromatic heterocycles. The molecule has 0 saturated heterocycles. The zero-order valence-corrected chi connectivity index (χ0v) is 11.7. The Kier molecular flexibility index (Phi) is 5.36. The van der Waals surface area contributed by atoms with E-state index in [1.54, 1.807) is 0 Å². The van der Waals surface area contributed by atoms with Crippen LogP contribution in [-0.4, -0.2) is 0 Å². The fourth-order valence-electron chi connectivity index (χ4n) is 4.06. The Labute approximate surface area is 113 Å². The molecule has 0 heterocycles. The van der Waals surface area contributed by atoms with Crippen molar-refractivity contribution in [2.75, 3.05) is 0 Å². The SMILES string of the molecule is C#C[C@H]1CC[C@H]([C@H]2CC[C@H](CCC=C)CC2)CC1. The van der Waals surface area contributed by atoms with Crippen LogP contribution in [0, 0.1) is 36.0 Å². The third-order valence-electron chi connectivity index (χ3n) is 5.34. The molecule has 0 aliphatic heterocycles. The first-order valence-corrected chi connectivity index (χ1v) is 7.90. The minimum absolute atomic E-state index is 0.588. The first kappa shape index (κ1) is 13.7. The molecular weight excluding hydrogens is 216 g/mol. The zero-order chi connectivity index (χ0) is 12.8. The standard InChI is InChI=1S/C18H28/c1-3-5-6-16-9-13-18(14-10-16)17-11-7-15(4-2)8-12-17/h2-3,15-18H,1,5-14H2/t15-,16-,17-,18-. The maximum absolute atomic E-state index is 5.53. The molecule has 2 saturated carbocycles. The summed E-state index contributed by atoms with van der Waals surface area (Å²) in [5.74, 6) is 6.54. The van der Waals surface area contributed by atoms with Gasteiger partial charge in [0.2, 0.25) is 0 Å². The van der Waals surface area contributed by atoms with Gasteiger partial charge in [0, 0.05) is 5.92 Å². The molecule has 0 radical (unpaired) electrons. The second-order valence-electron chi connectivity index (χ2n) is 6.43. The van der Waals surface area contributed by atoms with Gasteiger partial charge in [-0.15, -0.1) is 18.9 Å². The van der Waals surface area contributed by atoms with Crippen LogP contribution in [0.15, 0.2) is 12.7 Å². The maximum Gasteiger partial charge on any atom is 0.0200 e. The van der Waals surface area contributed by atoms with Crippen molar-refractivity contribution in [2.45, 2.75) is 64.2 Å². The molecule has 0 heteroatoms. The molecule has 0 spiro atoms. The number of terminal acetylenes is 1. The molecule has 0 nitrogen and oxygen atoms in total. The summed E-state index contributed by atoms with van der Waals surface area (Å²) in [6.07, 6.45) is 21.5. The van der Waals surface area contributed by atoms with Crippen molar-refractivity contribution in [3.8, 4) is 12.3 Å². The van der Waals surface area contributed by atoms with Crippen molar-refractivity contribution in [1.82, 2.24) is 0 Å². The lowest BCUT2D eigenvalue weighted by atomic mass is 9.69. The average Bonchev–Trinajstić information content (AvgIpc) is 2.46. The molecule has 2 aliphatic carbocycles. The Morgan fingerprint density at radius 3 is 2.00 bits per heavy atom. The van der Waals surface area contributed by atoms with E-state index in [1.807, 2.05) is 0 Å². The summed E-state index contributed by atoms with van der Waals surface area (Å²) < 4.78 is 0. The monoisotopic (exact) mass is 244 g/mol. The van der Waals surface area contributed by atoms with Crippen LogP contribution < -0.4 is 0 Å². The quantitative estimate of drug-likeness (QED) is 0.471. The van der Waals surface area contributed by atoms with E-state index in [2.05, 4.69) is 18.6 Å². The van der Waals surface area contributed by atoms with Gasteiger partial charge < -0.3 is 0 Å². The van der Waals surface area contributed by atoms with E-state index in [-0.39, 0.29) is 0 Å². The molecule has 0 N–H and O–H groups in total. The summed E-state index contributed by atoms with van der Waals surface area (Å²) in [7, 11) is 0. The molecule has 18 heavy (non-hydrogen) atoms. The lowest BCUT2D eigenvalue weighted by Crippen LogP contribution is -2.25. The van der Waals surface area contributed by atoms with E-state index in [0.29, 0.717) is 5.92 Å². The van der Waals surface area contributed by atoms with Crippen LogP contribution in [0.3, 0.4) is 0 Å². The maximum atomic E-state index is 5.53. The molecule has 2 fully saturated rings. The van der Waals surface area contributed by atoms with Crippen molar-refractivity contribution >= 4 is 0 Å². The van der Waals surface area contributed by atoms with E-state index >= 15 is 0 Å². The molecule has 0 bridgehead atoms. The van der Waals surface area contributed by atoms with Crippen molar-refractivity contribution < 1.29 is 0 Å². The third kappa shape index (κ3) is 3.64. The largest absolute Gasteiger partial charge is 0.120 e. The van der Waals surface area contributed by atoms with E-state index in [0.717, 1.165) is 17.8 Å². The number of allylic oxidation sites excluding steroid dienone is 1. The van der Waals surface area contributed by atoms with Gasteiger partial charge in [0.25, 0.3) is 0 Å². The van der Waals surface area contributed by atoms with Gasteiger partial charge in [-0.05, 0) is 69.1 Å². The van der Waals surface area contributed by atoms with E-state index in [1.165, 1.54) is 64.2 Å². The molecular formula is C18H28. The smallest absolute Gasteiger partial charge is 0.0200 e. The summed E-state index contributed by atoms with van der Waals surface area (Å²) in [5, 5.41) is 0. The van der Waals surface area contributed by atoms with Gasteiger partial charge >= 0.3 is 0 Å². The van der Waals surface area contributed by atoms with Crippen LogP contribution in [0.1, 0.15) is 64.2 Å². The average molecular weight is 244 g/mol. The Hall–Kier alpha value is -0.700. The molecule has 0 aromatic carbocycles. The second kappa shape index (κ2) is 7.03. The van der Waals surface area contributed by atoms with Gasteiger partial charge in [0.1, 0.15) is 0 Å². The van der Waals surface area contributed by atoms with Gasteiger partial charge in [-0.2, -0.15) is 0 Å². The summed E-state index contributed by atoms with van der Waals surface area (Å²) >= 11 is 0. The molecule has 0 unspecified atom stereocenters. The Morgan fingerprint density at radius 2 is 1.50 bits per heavy atom. The predicted molar refractivity (Wildman–Crippen MR) is 79.2 cm³/mol. The van der Waals surface area contributed by atoms with E-state index in [9.17, 15) is 0 Å². The summed E-state index contributed by atoms with van der Waals surface area (Å²) in [6.45, 7) is 3.83. The molecule has 100 valence electrons. The Morgan fingerprint density at radius 1 is 0.944 bits per heavy atom. The zero-order valence-electron chi connectivity index (χ0n) is 11.7. The molecule has 0 atom stereocenters. The summed E-state index contributed by atoms with van der Waals surface area (Å²) in [5.41, 5.74) is 0. The third-order valence-corrected chi connectivity index (χ3v) is 5.34. The first-order chi connectivity index (χ1) is 8.83. The van der Waals surface area contributed by atoms with Gasteiger partial charge in [0.05, 0.1) is 0 Å². The normalized spacial score (nSPS) is 36.8. The van der Waals surface area contributed by atoms with Crippen LogP contribution in [-0.2, 0) is 0 Å². The molecule has 0 amide bonds. The van der Waals surface area contributed by atoms with Gasteiger partial charge in [0.15, 0.2) is 0 Å². The number of hydrogen-bond acceptors (Lipinski definition) is 0. The summed E-state index contributed by atoms with van der Waals surface area (Å²) in [6, 6.07) is 0. The van der Waals surface area contributed by atoms with Gasteiger partial charge in [-0.1, -0.05) is 18.9 Å². The Balaban J connectivity index is 1.70. The van der Waals surface area contributed by atoms with E-state index in [4.69, 9.17) is 6.42 Å². The number of rotatable bonds is 4. The predicted octanol–water partition coefficient (Wildman–Crippen LogP) is 5.20. The highest BCUT2D eigenvalue weighted by Crippen LogP contribution is 2.41.